The molecule has 0 amide bonds. The van der Waals surface area contributed by atoms with Gasteiger partial charge in [-0.25, -0.2) is 4.79 Å². The SMILES string of the molecule is Nc1ccn([C@@H]2O[C@H](CO)[C@@H](O)[C@H]2O)c(=O)n1.c1ccc2[nH]ccc2c1. The summed E-state index contributed by atoms with van der Waals surface area (Å²) in [4.78, 5) is 18.1. The predicted octanol–water partition coefficient (Wildman–Crippen LogP) is -0.395. The molecule has 0 bridgehead atoms. The highest BCUT2D eigenvalue weighted by atomic mass is 16.6. The van der Waals surface area contributed by atoms with Crippen LogP contribution in [0.5, 0.6) is 0 Å². The summed E-state index contributed by atoms with van der Waals surface area (Å²) in [5.74, 6) is 0.0537. The van der Waals surface area contributed by atoms with E-state index >= 15 is 0 Å². The standard InChI is InChI=1S/C9H13N3O5.C8H7N/c10-5-1-2-12(9(16)11-5)8-7(15)6(14)4(3-13)17-8;1-2-4-8-7(3-1)5-6-9-8/h1-2,4,6-8,13-15H,3H2,(H2,10,11,16);1-6,9H/t4-,6-,7-,8-;/m1./s1. The third-order valence-electron chi connectivity index (χ3n) is 4.11. The number of hydrogen-bond acceptors (Lipinski definition) is 7. The molecule has 4 atom stereocenters. The van der Waals surface area contributed by atoms with Crippen LogP contribution in [0.1, 0.15) is 6.23 Å². The minimum Gasteiger partial charge on any atom is -0.394 e. The summed E-state index contributed by atoms with van der Waals surface area (Å²) in [5.41, 5.74) is 5.84. The highest BCUT2D eigenvalue weighted by molar-refractivity contribution is 5.78. The van der Waals surface area contributed by atoms with E-state index in [1.807, 2.05) is 18.3 Å². The monoisotopic (exact) mass is 360 g/mol. The van der Waals surface area contributed by atoms with Crippen molar-refractivity contribution >= 4 is 16.7 Å². The molecule has 138 valence electrons. The van der Waals surface area contributed by atoms with Crippen LogP contribution < -0.4 is 11.4 Å². The van der Waals surface area contributed by atoms with E-state index in [4.69, 9.17) is 15.6 Å². The summed E-state index contributed by atoms with van der Waals surface area (Å²) in [7, 11) is 0. The first kappa shape index (κ1) is 18.1. The smallest absolute Gasteiger partial charge is 0.351 e. The van der Waals surface area contributed by atoms with Crippen molar-refractivity contribution in [2.24, 2.45) is 0 Å². The predicted molar refractivity (Wildman–Crippen MR) is 94.2 cm³/mol. The lowest BCUT2D eigenvalue weighted by molar-refractivity contribution is -0.0549. The van der Waals surface area contributed by atoms with Crippen molar-refractivity contribution in [2.75, 3.05) is 12.3 Å². The van der Waals surface area contributed by atoms with Crippen LogP contribution in [0.2, 0.25) is 0 Å². The van der Waals surface area contributed by atoms with Crippen molar-refractivity contribution in [1.82, 2.24) is 14.5 Å². The van der Waals surface area contributed by atoms with Crippen LogP contribution >= 0.6 is 0 Å². The molecule has 26 heavy (non-hydrogen) atoms. The number of aliphatic hydroxyl groups excluding tert-OH is 3. The zero-order chi connectivity index (χ0) is 18.7. The van der Waals surface area contributed by atoms with Gasteiger partial charge in [0.15, 0.2) is 6.23 Å². The fourth-order valence-electron chi connectivity index (χ4n) is 2.72. The van der Waals surface area contributed by atoms with Gasteiger partial charge in [-0.05, 0) is 23.6 Å². The fraction of sp³-hybridized carbons (Fsp3) is 0.294. The van der Waals surface area contributed by atoms with Gasteiger partial charge in [-0.15, -0.1) is 0 Å². The first-order chi connectivity index (χ1) is 12.5. The number of aliphatic hydroxyl groups is 3. The number of hydrogen-bond donors (Lipinski definition) is 5. The Morgan fingerprint density at radius 2 is 1.96 bits per heavy atom. The van der Waals surface area contributed by atoms with Crippen molar-refractivity contribution in [3.63, 3.8) is 0 Å². The van der Waals surface area contributed by atoms with Crippen LogP contribution in [-0.2, 0) is 4.74 Å². The molecule has 0 aliphatic carbocycles. The average molecular weight is 360 g/mol. The minimum atomic E-state index is -1.31. The second-order valence-electron chi connectivity index (χ2n) is 5.84. The Labute approximate surface area is 148 Å². The van der Waals surface area contributed by atoms with Crippen LogP contribution in [0, 0.1) is 0 Å². The molecule has 9 nitrogen and oxygen atoms in total. The van der Waals surface area contributed by atoms with Gasteiger partial charge >= 0.3 is 5.69 Å². The molecule has 1 aliphatic rings. The molecule has 1 aromatic carbocycles. The van der Waals surface area contributed by atoms with E-state index in [0.717, 1.165) is 4.57 Å². The molecule has 3 heterocycles. The number of aromatic nitrogens is 3. The summed E-state index contributed by atoms with van der Waals surface area (Å²) in [6.45, 7) is -0.453. The van der Waals surface area contributed by atoms with Gasteiger partial charge < -0.3 is 30.8 Å². The van der Waals surface area contributed by atoms with Crippen LogP contribution in [0.3, 0.4) is 0 Å². The van der Waals surface area contributed by atoms with Gasteiger partial charge in [0.1, 0.15) is 24.1 Å². The number of nitrogens with one attached hydrogen (secondary N) is 1. The van der Waals surface area contributed by atoms with Crippen LogP contribution in [0.4, 0.5) is 5.82 Å². The Bertz CT molecular complexity index is 894. The summed E-state index contributed by atoms with van der Waals surface area (Å²) < 4.78 is 6.19. The molecule has 2 aromatic heterocycles. The number of anilines is 1. The first-order valence-corrected chi connectivity index (χ1v) is 8.00. The molecule has 1 fully saturated rings. The van der Waals surface area contributed by atoms with Crippen molar-refractivity contribution < 1.29 is 20.1 Å². The average Bonchev–Trinajstić information content (AvgIpc) is 3.22. The first-order valence-electron chi connectivity index (χ1n) is 8.00. The molecular weight excluding hydrogens is 340 g/mol. The van der Waals surface area contributed by atoms with Gasteiger partial charge in [-0.2, -0.15) is 4.98 Å². The Hall–Kier alpha value is -2.72. The number of nitrogen functional groups attached to an aromatic ring is 1. The number of nitrogens with two attached hydrogens (primary N) is 1. The van der Waals surface area contributed by atoms with Crippen molar-refractivity contribution in [3.05, 3.63) is 59.3 Å². The number of H-pyrrole nitrogens is 1. The molecule has 6 N–H and O–H groups in total. The van der Waals surface area contributed by atoms with Gasteiger partial charge in [0, 0.05) is 17.9 Å². The Morgan fingerprint density at radius 1 is 1.19 bits per heavy atom. The maximum atomic E-state index is 11.5. The van der Waals surface area contributed by atoms with Gasteiger partial charge in [0.25, 0.3) is 0 Å². The molecule has 0 saturated carbocycles. The van der Waals surface area contributed by atoms with E-state index < -0.39 is 36.8 Å². The fourth-order valence-corrected chi connectivity index (χ4v) is 2.72. The lowest BCUT2D eigenvalue weighted by Gasteiger charge is -2.16. The number of aromatic amines is 1. The molecule has 3 aromatic rings. The quantitative estimate of drug-likeness (QED) is 0.418. The topological polar surface area (TPSA) is 147 Å². The second kappa shape index (κ2) is 7.67. The summed E-state index contributed by atoms with van der Waals surface area (Å²) in [6, 6.07) is 11.7. The minimum absolute atomic E-state index is 0.0537. The van der Waals surface area contributed by atoms with Crippen LogP contribution in [-0.4, -0.2) is 54.8 Å². The third-order valence-corrected chi connectivity index (χ3v) is 4.11. The number of fused-ring (bicyclic) bond motifs is 1. The van der Waals surface area contributed by atoms with E-state index in [2.05, 4.69) is 28.2 Å². The summed E-state index contributed by atoms with van der Waals surface area (Å²) >= 11 is 0. The zero-order valence-corrected chi connectivity index (χ0v) is 13.8. The van der Waals surface area contributed by atoms with Crippen molar-refractivity contribution in [2.45, 2.75) is 24.5 Å². The van der Waals surface area contributed by atoms with E-state index in [0.29, 0.717) is 0 Å². The van der Waals surface area contributed by atoms with E-state index in [9.17, 15) is 15.0 Å². The maximum absolute atomic E-state index is 11.5. The van der Waals surface area contributed by atoms with Gasteiger partial charge in [-0.1, -0.05) is 18.2 Å². The number of benzene rings is 1. The van der Waals surface area contributed by atoms with Gasteiger partial charge in [-0.3, -0.25) is 4.57 Å². The molecular formula is C17H20N4O5. The van der Waals surface area contributed by atoms with E-state index in [1.165, 1.54) is 23.2 Å². The summed E-state index contributed by atoms with van der Waals surface area (Å²) in [5, 5.41) is 29.4. The van der Waals surface area contributed by atoms with E-state index in [1.54, 1.807) is 0 Å². The molecule has 0 spiro atoms. The number of para-hydroxylation sites is 1. The zero-order valence-electron chi connectivity index (χ0n) is 13.8. The molecule has 9 heteroatoms. The molecule has 0 unspecified atom stereocenters. The molecule has 0 radical (unpaired) electrons. The van der Waals surface area contributed by atoms with Crippen LogP contribution in [0.25, 0.3) is 10.9 Å². The van der Waals surface area contributed by atoms with Crippen molar-refractivity contribution in [1.29, 1.82) is 0 Å². The third kappa shape index (κ3) is 3.60. The number of ether oxygens (including phenoxy) is 1. The lowest BCUT2D eigenvalue weighted by Crippen LogP contribution is -2.36. The molecule has 1 saturated heterocycles. The Kier molecular flexibility index (Phi) is 5.33. The number of nitrogens with zero attached hydrogens (tertiary/aromatic N) is 2. The largest absolute Gasteiger partial charge is 0.394 e. The highest BCUT2D eigenvalue weighted by Crippen LogP contribution is 2.27. The highest BCUT2D eigenvalue weighted by Gasteiger charge is 2.43. The van der Waals surface area contributed by atoms with E-state index in [-0.39, 0.29) is 5.82 Å². The van der Waals surface area contributed by atoms with Crippen LogP contribution in [0.15, 0.2) is 53.6 Å². The Morgan fingerprint density at radius 3 is 2.62 bits per heavy atom. The van der Waals surface area contributed by atoms with Gasteiger partial charge in [0.05, 0.1) is 6.61 Å². The maximum Gasteiger partial charge on any atom is 0.351 e. The molecule has 4 rings (SSSR count). The normalized spacial score (nSPS) is 25.0. The van der Waals surface area contributed by atoms with Gasteiger partial charge in [0.2, 0.25) is 0 Å². The van der Waals surface area contributed by atoms with Crippen molar-refractivity contribution in [3.8, 4) is 0 Å². The summed E-state index contributed by atoms with van der Waals surface area (Å²) in [6.07, 6.45) is -1.32. The lowest BCUT2D eigenvalue weighted by atomic mass is 10.1. The molecule has 1 aliphatic heterocycles. The Balaban J connectivity index is 0.000000181. The number of rotatable bonds is 2. The second-order valence-corrected chi connectivity index (χ2v) is 5.84.